The highest BCUT2D eigenvalue weighted by Crippen LogP contribution is 2.28. The summed E-state index contributed by atoms with van der Waals surface area (Å²) in [4.78, 5) is 14.8. The number of amides is 1. The van der Waals surface area contributed by atoms with E-state index in [4.69, 9.17) is 27.0 Å². The van der Waals surface area contributed by atoms with E-state index in [9.17, 15) is 4.79 Å². The molecule has 32 heavy (non-hydrogen) atoms. The van der Waals surface area contributed by atoms with Crippen LogP contribution in [0.1, 0.15) is 48.8 Å². The molecule has 1 heterocycles. The highest BCUT2D eigenvalue weighted by molar-refractivity contribution is 7.80. The van der Waals surface area contributed by atoms with Crippen LogP contribution in [0.4, 0.5) is 0 Å². The van der Waals surface area contributed by atoms with E-state index >= 15 is 0 Å². The van der Waals surface area contributed by atoms with Gasteiger partial charge in [-0.2, -0.15) is 5.26 Å². The Morgan fingerprint density at radius 1 is 1.19 bits per heavy atom. The second-order valence-corrected chi connectivity index (χ2v) is 8.34. The van der Waals surface area contributed by atoms with Crippen molar-refractivity contribution in [3.05, 3.63) is 64.9 Å². The van der Waals surface area contributed by atoms with Crippen molar-refractivity contribution < 1.29 is 14.3 Å². The summed E-state index contributed by atoms with van der Waals surface area (Å²) in [5.41, 5.74) is 2.78. The van der Waals surface area contributed by atoms with E-state index in [-0.39, 0.29) is 11.9 Å². The van der Waals surface area contributed by atoms with E-state index in [1.54, 1.807) is 36.3 Å². The number of methoxy groups -OCH3 is 1. The molecule has 1 aliphatic heterocycles. The number of benzene rings is 2. The summed E-state index contributed by atoms with van der Waals surface area (Å²) < 4.78 is 11.3. The maximum atomic E-state index is 13.0. The van der Waals surface area contributed by atoms with Gasteiger partial charge in [-0.25, -0.2) is 0 Å². The van der Waals surface area contributed by atoms with Crippen LogP contribution in [0.3, 0.4) is 0 Å². The largest absolute Gasteiger partial charge is 0.496 e. The normalized spacial score (nSPS) is 17.9. The molecule has 1 aliphatic carbocycles. The first-order valence-electron chi connectivity index (χ1n) is 10.7. The first kappa shape index (κ1) is 21.8. The van der Waals surface area contributed by atoms with Gasteiger partial charge in [-0.15, -0.1) is 0 Å². The number of carbonyl (C=O) groups excluding carboxylic acids is 1. The molecule has 164 valence electrons. The van der Waals surface area contributed by atoms with Crippen molar-refractivity contribution in [3.8, 4) is 17.6 Å². The van der Waals surface area contributed by atoms with Crippen LogP contribution in [0, 0.1) is 11.3 Å². The zero-order chi connectivity index (χ0) is 22.5. The van der Waals surface area contributed by atoms with Crippen LogP contribution < -0.4 is 14.8 Å². The van der Waals surface area contributed by atoms with Crippen LogP contribution in [-0.2, 0) is 11.4 Å². The number of rotatable bonds is 6. The van der Waals surface area contributed by atoms with Crippen molar-refractivity contribution in [2.45, 2.75) is 44.8 Å². The minimum Gasteiger partial charge on any atom is -0.496 e. The SMILES string of the molecule is COc1ccc(/C=C2/NC(=S)N(C3CCCCC3)C2=O)cc1COc1ccc(C#N)cc1. The number of carbonyl (C=O) groups is 1. The van der Waals surface area contributed by atoms with E-state index in [0.29, 0.717) is 34.5 Å². The van der Waals surface area contributed by atoms with Crippen molar-refractivity contribution in [3.63, 3.8) is 0 Å². The number of ether oxygens (including phenoxy) is 2. The molecule has 1 saturated heterocycles. The molecule has 2 aliphatic rings. The molecule has 2 fully saturated rings. The Morgan fingerprint density at radius 3 is 2.62 bits per heavy atom. The highest BCUT2D eigenvalue weighted by Gasteiger charge is 2.36. The molecule has 1 saturated carbocycles. The Bertz CT molecular complexity index is 1080. The molecule has 0 aromatic heterocycles. The molecular weight excluding hydrogens is 422 g/mol. The Hall–Kier alpha value is -3.37. The molecule has 0 unspecified atom stereocenters. The molecule has 0 bridgehead atoms. The summed E-state index contributed by atoms with van der Waals surface area (Å²) >= 11 is 5.46. The van der Waals surface area contributed by atoms with Crippen molar-refractivity contribution in [2.75, 3.05) is 7.11 Å². The second kappa shape index (κ2) is 9.84. The van der Waals surface area contributed by atoms with Crippen LogP contribution in [0.5, 0.6) is 11.5 Å². The van der Waals surface area contributed by atoms with Gasteiger partial charge in [-0.3, -0.25) is 9.69 Å². The van der Waals surface area contributed by atoms with Gasteiger partial charge in [0.1, 0.15) is 23.8 Å². The zero-order valence-electron chi connectivity index (χ0n) is 18.0. The molecule has 2 aromatic rings. The fourth-order valence-electron chi connectivity index (χ4n) is 4.17. The standard InChI is InChI=1S/C25H25N3O3S/c1-30-23-12-9-18(13-19(23)16-31-21-10-7-17(15-26)8-11-21)14-22-24(29)28(25(32)27-22)20-5-3-2-4-6-20/h7-14,20H,2-6,16H2,1H3,(H,27,32)/b22-14+. The molecule has 1 N–H and O–H groups in total. The number of nitrogens with zero attached hydrogens (tertiary/aromatic N) is 2. The van der Waals surface area contributed by atoms with E-state index in [0.717, 1.165) is 36.8 Å². The van der Waals surface area contributed by atoms with Gasteiger partial charge in [-0.05, 0) is 73.1 Å². The lowest BCUT2D eigenvalue weighted by Crippen LogP contribution is -2.41. The predicted octanol–water partition coefficient (Wildman–Crippen LogP) is 4.54. The molecule has 2 aromatic carbocycles. The lowest BCUT2D eigenvalue weighted by molar-refractivity contribution is -0.124. The van der Waals surface area contributed by atoms with Crippen molar-refractivity contribution in [1.29, 1.82) is 5.26 Å². The van der Waals surface area contributed by atoms with Crippen LogP contribution in [0.25, 0.3) is 6.08 Å². The highest BCUT2D eigenvalue weighted by atomic mass is 32.1. The maximum absolute atomic E-state index is 13.0. The summed E-state index contributed by atoms with van der Waals surface area (Å²) in [6.45, 7) is 0.292. The van der Waals surface area contributed by atoms with Crippen LogP contribution in [0.15, 0.2) is 48.2 Å². The van der Waals surface area contributed by atoms with E-state index in [2.05, 4.69) is 11.4 Å². The molecule has 0 radical (unpaired) electrons. The van der Waals surface area contributed by atoms with Crippen molar-refractivity contribution in [1.82, 2.24) is 10.2 Å². The van der Waals surface area contributed by atoms with Gasteiger partial charge in [0.2, 0.25) is 0 Å². The van der Waals surface area contributed by atoms with Gasteiger partial charge in [-0.1, -0.05) is 25.3 Å². The smallest absolute Gasteiger partial charge is 0.276 e. The number of thiocarbonyl (C=S) groups is 1. The third-order valence-corrected chi connectivity index (χ3v) is 6.14. The number of nitriles is 1. The monoisotopic (exact) mass is 447 g/mol. The van der Waals surface area contributed by atoms with Gasteiger partial charge < -0.3 is 14.8 Å². The third kappa shape index (κ3) is 4.76. The number of hydrogen-bond acceptors (Lipinski definition) is 5. The number of nitrogens with one attached hydrogen (secondary N) is 1. The van der Waals surface area contributed by atoms with Gasteiger partial charge in [0.15, 0.2) is 5.11 Å². The second-order valence-electron chi connectivity index (χ2n) is 7.95. The summed E-state index contributed by atoms with van der Waals surface area (Å²) in [5.74, 6) is 1.30. The minimum absolute atomic E-state index is 0.0619. The predicted molar refractivity (Wildman–Crippen MR) is 126 cm³/mol. The Labute approximate surface area is 193 Å². The minimum atomic E-state index is -0.0619. The lowest BCUT2D eigenvalue weighted by Gasteiger charge is -2.29. The molecule has 0 spiro atoms. The maximum Gasteiger partial charge on any atom is 0.276 e. The van der Waals surface area contributed by atoms with Crippen LogP contribution in [-0.4, -0.2) is 29.1 Å². The Kier molecular flexibility index (Phi) is 6.72. The summed E-state index contributed by atoms with van der Waals surface area (Å²) in [6, 6.07) is 14.9. The van der Waals surface area contributed by atoms with Gasteiger partial charge in [0.05, 0.1) is 18.7 Å². The van der Waals surface area contributed by atoms with Crippen LogP contribution in [0.2, 0.25) is 0 Å². The first-order chi connectivity index (χ1) is 15.6. The molecule has 0 atom stereocenters. The average molecular weight is 448 g/mol. The van der Waals surface area contributed by atoms with Crippen molar-refractivity contribution in [2.24, 2.45) is 0 Å². The average Bonchev–Trinajstić information content (AvgIpc) is 3.11. The van der Waals surface area contributed by atoms with Gasteiger partial charge >= 0.3 is 0 Å². The molecule has 6 nitrogen and oxygen atoms in total. The Balaban J connectivity index is 1.51. The quantitative estimate of drug-likeness (QED) is 0.518. The van der Waals surface area contributed by atoms with E-state index < -0.39 is 0 Å². The molecule has 4 rings (SSSR count). The summed E-state index contributed by atoms with van der Waals surface area (Å²) in [6.07, 6.45) is 7.32. The van der Waals surface area contributed by atoms with E-state index in [1.165, 1.54) is 6.42 Å². The van der Waals surface area contributed by atoms with Crippen molar-refractivity contribution >= 4 is 29.3 Å². The van der Waals surface area contributed by atoms with Crippen LogP contribution >= 0.6 is 12.2 Å². The number of hydrogen-bond donors (Lipinski definition) is 1. The molecule has 1 amide bonds. The fraction of sp³-hybridized carbons (Fsp3) is 0.320. The van der Waals surface area contributed by atoms with Gasteiger partial charge in [0.25, 0.3) is 5.91 Å². The molecule has 7 heteroatoms. The lowest BCUT2D eigenvalue weighted by atomic mass is 9.94. The molecular formula is C25H25N3O3S. The zero-order valence-corrected chi connectivity index (χ0v) is 18.8. The first-order valence-corrected chi connectivity index (χ1v) is 11.2. The fourth-order valence-corrected chi connectivity index (χ4v) is 4.52. The summed E-state index contributed by atoms with van der Waals surface area (Å²) in [7, 11) is 1.61. The summed E-state index contributed by atoms with van der Waals surface area (Å²) in [5, 5.41) is 12.5. The van der Waals surface area contributed by atoms with Gasteiger partial charge in [0, 0.05) is 11.6 Å². The topological polar surface area (TPSA) is 74.6 Å². The Morgan fingerprint density at radius 2 is 1.94 bits per heavy atom. The third-order valence-electron chi connectivity index (χ3n) is 5.84. The van der Waals surface area contributed by atoms with E-state index in [1.807, 2.05) is 24.3 Å².